The van der Waals surface area contributed by atoms with Gasteiger partial charge in [-0.3, -0.25) is 9.69 Å². The first-order valence-electron chi connectivity index (χ1n) is 7.49. The Labute approximate surface area is 127 Å². The first kappa shape index (κ1) is 15.8. The van der Waals surface area contributed by atoms with E-state index in [4.69, 9.17) is 9.47 Å². The molecule has 4 nitrogen and oxygen atoms in total. The van der Waals surface area contributed by atoms with Crippen molar-refractivity contribution in [1.82, 2.24) is 4.90 Å². The normalized spacial score (nSPS) is 19.5. The van der Waals surface area contributed by atoms with Gasteiger partial charge in [0.2, 0.25) is 0 Å². The summed E-state index contributed by atoms with van der Waals surface area (Å²) in [6.07, 6.45) is 1.92. The SMILES string of the molecule is COc1ccc(CN2CCC[C@@H]2C(=O)OC(C)(C)C)cc1. The Morgan fingerprint density at radius 2 is 1.95 bits per heavy atom. The number of ether oxygens (including phenoxy) is 2. The quantitative estimate of drug-likeness (QED) is 0.799. The highest BCUT2D eigenvalue weighted by molar-refractivity contribution is 5.76. The number of benzene rings is 1. The zero-order valence-corrected chi connectivity index (χ0v) is 13.4. The summed E-state index contributed by atoms with van der Waals surface area (Å²) in [6.45, 7) is 7.44. The lowest BCUT2D eigenvalue weighted by molar-refractivity contribution is -0.160. The zero-order valence-electron chi connectivity index (χ0n) is 13.4. The zero-order chi connectivity index (χ0) is 15.5. The number of methoxy groups -OCH3 is 1. The molecule has 0 unspecified atom stereocenters. The van der Waals surface area contributed by atoms with Gasteiger partial charge in [-0.1, -0.05) is 12.1 Å². The predicted octanol–water partition coefficient (Wildman–Crippen LogP) is 3.00. The van der Waals surface area contributed by atoms with Gasteiger partial charge in [-0.05, 0) is 57.9 Å². The summed E-state index contributed by atoms with van der Waals surface area (Å²) in [5, 5.41) is 0. The van der Waals surface area contributed by atoms with Crippen molar-refractivity contribution in [3.05, 3.63) is 29.8 Å². The van der Waals surface area contributed by atoms with Gasteiger partial charge >= 0.3 is 5.97 Å². The Morgan fingerprint density at radius 1 is 1.29 bits per heavy atom. The molecule has 1 aliphatic rings. The number of carbonyl (C=O) groups is 1. The Hall–Kier alpha value is -1.55. The van der Waals surface area contributed by atoms with Gasteiger partial charge in [0.1, 0.15) is 17.4 Å². The Morgan fingerprint density at radius 3 is 2.52 bits per heavy atom. The fraction of sp³-hybridized carbons (Fsp3) is 0.588. The molecule has 1 fully saturated rings. The van der Waals surface area contributed by atoms with Crippen molar-refractivity contribution in [2.45, 2.75) is 51.8 Å². The minimum atomic E-state index is -0.425. The predicted molar refractivity (Wildman–Crippen MR) is 82.3 cm³/mol. The van der Waals surface area contributed by atoms with Gasteiger partial charge in [-0.15, -0.1) is 0 Å². The Bertz CT molecular complexity index is 476. The van der Waals surface area contributed by atoms with Crippen LogP contribution in [0.1, 0.15) is 39.2 Å². The molecule has 1 atom stereocenters. The lowest BCUT2D eigenvalue weighted by atomic mass is 10.1. The van der Waals surface area contributed by atoms with Gasteiger partial charge in [-0.25, -0.2) is 0 Å². The first-order valence-corrected chi connectivity index (χ1v) is 7.49. The molecule has 1 aromatic carbocycles. The molecule has 4 heteroatoms. The molecule has 116 valence electrons. The van der Waals surface area contributed by atoms with Crippen LogP contribution in [0.25, 0.3) is 0 Å². The van der Waals surface area contributed by atoms with Crippen molar-refractivity contribution < 1.29 is 14.3 Å². The maximum absolute atomic E-state index is 12.3. The molecule has 1 aromatic rings. The number of carbonyl (C=O) groups excluding carboxylic acids is 1. The molecule has 0 spiro atoms. The monoisotopic (exact) mass is 291 g/mol. The van der Waals surface area contributed by atoms with E-state index in [-0.39, 0.29) is 12.0 Å². The third-order valence-corrected chi connectivity index (χ3v) is 3.59. The summed E-state index contributed by atoms with van der Waals surface area (Å²) in [5.74, 6) is 0.748. The van der Waals surface area contributed by atoms with Gasteiger partial charge in [0.05, 0.1) is 7.11 Å². The highest BCUT2D eigenvalue weighted by Gasteiger charge is 2.33. The van der Waals surface area contributed by atoms with Crippen LogP contribution in [0.4, 0.5) is 0 Å². The highest BCUT2D eigenvalue weighted by Crippen LogP contribution is 2.23. The highest BCUT2D eigenvalue weighted by atomic mass is 16.6. The molecule has 0 radical (unpaired) electrons. The van der Waals surface area contributed by atoms with E-state index >= 15 is 0 Å². The molecule has 21 heavy (non-hydrogen) atoms. The Kier molecular flexibility index (Phi) is 4.88. The number of rotatable bonds is 4. The number of nitrogens with zero attached hydrogens (tertiary/aromatic N) is 1. The van der Waals surface area contributed by atoms with E-state index in [1.165, 1.54) is 5.56 Å². The number of hydrogen-bond acceptors (Lipinski definition) is 4. The largest absolute Gasteiger partial charge is 0.497 e. The van der Waals surface area contributed by atoms with Crippen LogP contribution in [-0.2, 0) is 16.1 Å². The first-order chi connectivity index (χ1) is 9.89. The average Bonchev–Trinajstić information content (AvgIpc) is 2.86. The second-order valence-electron chi connectivity index (χ2n) is 6.51. The van der Waals surface area contributed by atoms with Crippen molar-refractivity contribution in [2.75, 3.05) is 13.7 Å². The van der Waals surface area contributed by atoms with E-state index in [2.05, 4.69) is 4.90 Å². The van der Waals surface area contributed by atoms with Gasteiger partial charge in [-0.2, -0.15) is 0 Å². The maximum Gasteiger partial charge on any atom is 0.323 e. The summed E-state index contributed by atoms with van der Waals surface area (Å²) in [6, 6.07) is 7.88. The van der Waals surface area contributed by atoms with Crippen LogP contribution < -0.4 is 4.74 Å². The Balaban J connectivity index is 1.99. The fourth-order valence-corrected chi connectivity index (χ4v) is 2.62. The van der Waals surface area contributed by atoms with Crippen LogP contribution >= 0.6 is 0 Å². The van der Waals surface area contributed by atoms with Crippen molar-refractivity contribution >= 4 is 5.97 Å². The van der Waals surface area contributed by atoms with E-state index < -0.39 is 5.60 Å². The summed E-state index contributed by atoms with van der Waals surface area (Å²) in [5.41, 5.74) is 0.761. The van der Waals surface area contributed by atoms with Crippen molar-refractivity contribution in [1.29, 1.82) is 0 Å². The van der Waals surface area contributed by atoms with E-state index in [0.717, 1.165) is 31.7 Å². The van der Waals surface area contributed by atoms with E-state index in [1.807, 2.05) is 45.0 Å². The van der Waals surface area contributed by atoms with Gasteiger partial charge in [0, 0.05) is 6.54 Å². The van der Waals surface area contributed by atoms with Gasteiger partial charge in [0.15, 0.2) is 0 Å². The second-order valence-corrected chi connectivity index (χ2v) is 6.51. The number of likely N-dealkylation sites (tertiary alicyclic amines) is 1. The van der Waals surface area contributed by atoms with Crippen LogP contribution in [0, 0.1) is 0 Å². The van der Waals surface area contributed by atoms with Crippen LogP contribution in [0.2, 0.25) is 0 Å². The molecule has 0 amide bonds. The third kappa shape index (κ3) is 4.46. The van der Waals surface area contributed by atoms with Crippen LogP contribution in [-0.4, -0.2) is 36.2 Å². The molecule has 0 aliphatic carbocycles. The molecular formula is C17H25NO3. The summed E-state index contributed by atoms with van der Waals surface area (Å²) < 4.78 is 10.7. The third-order valence-electron chi connectivity index (χ3n) is 3.59. The molecule has 1 aliphatic heterocycles. The summed E-state index contributed by atoms with van der Waals surface area (Å²) >= 11 is 0. The fourth-order valence-electron chi connectivity index (χ4n) is 2.62. The molecule has 0 aromatic heterocycles. The van der Waals surface area contributed by atoms with Gasteiger partial charge in [0.25, 0.3) is 0 Å². The summed E-state index contributed by atoms with van der Waals surface area (Å²) in [7, 11) is 1.66. The molecule has 1 heterocycles. The molecule has 1 saturated heterocycles. The maximum atomic E-state index is 12.3. The minimum absolute atomic E-state index is 0.103. The summed E-state index contributed by atoms with van der Waals surface area (Å²) in [4.78, 5) is 14.5. The molecule has 0 N–H and O–H groups in total. The molecule has 2 rings (SSSR count). The number of hydrogen-bond donors (Lipinski definition) is 0. The van der Waals surface area contributed by atoms with Crippen LogP contribution in [0.3, 0.4) is 0 Å². The number of esters is 1. The minimum Gasteiger partial charge on any atom is -0.497 e. The standard InChI is InChI=1S/C17H25NO3/c1-17(2,3)21-16(19)15-6-5-11-18(15)12-13-7-9-14(20-4)10-8-13/h7-10,15H,5-6,11-12H2,1-4H3/t15-/m1/s1. The smallest absolute Gasteiger partial charge is 0.323 e. The lowest BCUT2D eigenvalue weighted by Gasteiger charge is -2.27. The van der Waals surface area contributed by atoms with Crippen LogP contribution in [0.5, 0.6) is 5.75 Å². The van der Waals surface area contributed by atoms with Crippen molar-refractivity contribution in [2.24, 2.45) is 0 Å². The lowest BCUT2D eigenvalue weighted by Crippen LogP contribution is -2.40. The topological polar surface area (TPSA) is 38.8 Å². The molecular weight excluding hydrogens is 266 g/mol. The van der Waals surface area contributed by atoms with Crippen molar-refractivity contribution in [3.63, 3.8) is 0 Å². The molecule has 0 bridgehead atoms. The van der Waals surface area contributed by atoms with Crippen LogP contribution in [0.15, 0.2) is 24.3 Å². The second kappa shape index (κ2) is 6.48. The molecule has 0 saturated carbocycles. The van der Waals surface area contributed by atoms with Gasteiger partial charge < -0.3 is 9.47 Å². The van der Waals surface area contributed by atoms with Crippen molar-refractivity contribution in [3.8, 4) is 5.75 Å². The average molecular weight is 291 g/mol. The van der Waals surface area contributed by atoms with E-state index in [1.54, 1.807) is 7.11 Å². The van der Waals surface area contributed by atoms with E-state index in [9.17, 15) is 4.79 Å². The van der Waals surface area contributed by atoms with E-state index in [0.29, 0.717) is 0 Å².